The molecule has 1 saturated heterocycles. The van der Waals surface area contributed by atoms with E-state index in [1.54, 1.807) is 0 Å². The number of carbonyl (C=O) groups excluding carboxylic acids is 2. The number of benzene rings is 2. The zero-order valence-corrected chi connectivity index (χ0v) is 18.1. The van der Waals surface area contributed by atoms with E-state index in [4.69, 9.17) is 4.74 Å². The maximum absolute atomic E-state index is 12.4. The van der Waals surface area contributed by atoms with Crippen LogP contribution in [0.1, 0.15) is 30.4 Å². The van der Waals surface area contributed by atoms with Gasteiger partial charge in [0.05, 0.1) is 13.2 Å². The molecule has 1 fully saturated rings. The molecular formula is C25H33N3O3. The van der Waals surface area contributed by atoms with Crippen molar-refractivity contribution in [3.05, 3.63) is 71.8 Å². The fraction of sp³-hybridized carbons (Fsp3) is 0.440. The minimum Gasteiger partial charge on any atom is -0.377 e. The molecule has 2 N–H and O–H groups in total. The van der Waals surface area contributed by atoms with Gasteiger partial charge in [0.1, 0.15) is 0 Å². The highest BCUT2D eigenvalue weighted by atomic mass is 16.5. The molecule has 2 aromatic carbocycles. The lowest BCUT2D eigenvalue weighted by molar-refractivity contribution is -0.127. The number of hydrogen-bond acceptors (Lipinski definition) is 4. The third kappa shape index (κ3) is 8.52. The second kappa shape index (κ2) is 12.9. The standard InChI is InChI=1S/C25H33N3O3/c29-24(26-14-7-17-31-20-22-10-5-2-6-11-22)19-28-15-12-23(13-16-28)25(30)27-18-21-8-3-1-4-9-21/h1-6,8-11,23H,7,12-20H2,(H,26,29)(H,27,30). The van der Waals surface area contributed by atoms with Crippen molar-refractivity contribution in [1.29, 1.82) is 0 Å². The van der Waals surface area contributed by atoms with Crippen LogP contribution >= 0.6 is 0 Å². The molecule has 3 rings (SSSR count). The smallest absolute Gasteiger partial charge is 0.234 e. The lowest BCUT2D eigenvalue weighted by atomic mass is 9.96. The molecule has 0 unspecified atom stereocenters. The Bertz CT molecular complexity index is 790. The summed E-state index contributed by atoms with van der Waals surface area (Å²) in [4.78, 5) is 26.7. The van der Waals surface area contributed by atoms with Crippen LogP contribution in [-0.4, -0.2) is 49.5 Å². The Hall–Kier alpha value is -2.70. The average Bonchev–Trinajstić information content (AvgIpc) is 2.81. The molecule has 0 bridgehead atoms. The van der Waals surface area contributed by atoms with E-state index in [-0.39, 0.29) is 17.7 Å². The van der Waals surface area contributed by atoms with Crippen molar-refractivity contribution in [3.8, 4) is 0 Å². The third-order valence-corrected chi connectivity index (χ3v) is 5.53. The van der Waals surface area contributed by atoms with Gasteiger partial charge in [-0.05, 0) is 43.5 Å². The summed E-state index contributed by atoms with van der Waals surface area (Å²) in [5, 5.41) is 5.99. The van der Waals surface area contributed by atoms with E-state index in [0.29, 0.717) is 32.8 Å². The number of ether oxygens (including phenoxy) is 1. The molecule has 31 heavy (non-hydrogen) atoms. The van der Waals surface area contributed by atoms with Crippen LogP contribution in [0.5, 0.6) is 0 Å². The van der Waals surface area contributed by atoms with Crippen LogP contribution in [0.4, 0.5) is 0 Å². The summed E-state index contributed by atoms with van der Waals surface area (Å²) in [6.45, 7) is 4.35. The number of hydrogen-bond donors (Lipinski definition) is 2. The molecule has 166 valence electrons. The van der Waals surface area contributed by atoms with Gasteiger partial charge in [-0.3, -0.25) is 14.5 Å². The first-order valence-electron chi connectivity index (χ1n) is 11.1. The van der Waals surface area contributed by atoms with E-state index in [9.17, 15) is 9.59 Å². The Morgan fingerprint density at radius 3 is 2.23 bits per heavy atom. The first kappa shape index (κ1) is 23.0. The number of amides is 2. The van der Waals surface area contributed by atoms with E-state index in [1.165, 1.54) is 0 Å². The van der Waals surface area contributed by atoms with E-state index in [0.717, 1.165) is 43.5 Å². The predicted octanol–water partition coefficient (Wildman–Crippen LogP) is 2.74. The lowest BCUT2D eigenvalue weighted by Crippen LogP contribution is -2.44. The highest BCUT2D eigenvalue weighted by Gasteiger charge is 2.25. The third-order valence-electron chi connectivity index (χ3n) is 5.53. The van der Waals surface area contributed by atoms with Crippen LogP contribution < -0.4 is 10.6 Å². The summed E-state index contributed by atoms with van der Waals surface area (Å²) in [5.74, 6) is 0.184. The molecule has 1 aliphatic rings. The highest BCUT2D eigenvalue weighted by Crippen LogP contribution is 2.17. The number of rotatable bonds is 11. The Morgan fingerprint density at radius 2 is 1.55 bits per heavy atom. The topological polar surface area (TPSA) is 70.7 Å². The van der Waals surface area contributed by atoms with Crippen molar-refractivity contribution in [2.24, 2.45) is 5.92 Å². The minimum atomic E-state index is 0.0322. The van der Waals surface area contributed by atoms with Crippen molar-refractivity contribution in [2.45, 2.75) is 32.4 Å². The molecule has 0 spiro atoms. The van der Waals surface area contributed by atoms with Crippen LogP contribution in [0, 0.1) is 5.92 Å². The van der Waals surface area contributed by atoms with E-state index in [1.807, 2.05) is 60.7 Å². The van der Waals surface area contributed by atoms with Gasteiger partial charge in [0.25, 0.3) is 0 Å². The SMILES string of the molecule is O=C(CN1CCC(C(=O)NCc2ccccc2)CC1)NCCCOCc1ccccc1. The minimum absolute atomic E-state index is 0.0322. The fourth-order valence-electron chi connectivity index (χ4n) is 3.71. The van der Waals surface area contributed by atoms with E-state index in [2.05, 4.69) is 15.5 Å². The van der Waals surface area contributed by atoms with E-state index < -0.39 is 0 Å². The molecule has 6 nitrogen and oxygen atoms in total. The Morgan fingerprint density at radius 1 is 0.903 bits per heavy atom. The number of carbonyl (C=O) groups is 2. The van der Waals surface area contributed by atoms with E-state index >= 15 is 0 Å². The maximum Gasteiger partial charge on any atom is 0.234 e. The molecular weight excluding hydrogens is 390 g/mol. The van der Waals surface area contributed by atoms with Crippen LogP contribution in [0.15, 0.2) is 60.7 Å². The molecule has 1 heterocycles. The van der Waals surface area contributed by atoms with Gasteiger partial charge in [-0.25, -0.2) is 0 Å². The quantitative estimate of drug-likeness (QED) is 0.545. The summed E-state index contributed by atoms with van der Waals surface area (Å²) < 4.78 is 5.63. The Labute approximate surface area is 185 Å². The summed E-state index contributed by atoms with van der Waals surface area (Å²) >= 11 is 0. The molecule has 0 aliphatic carbocycles. The van der Waals surface area contributed by atoms with Crippen LogP contribution in [-0.2, 0) is 27.5 Å². The van der Waals surface area contributed by atoms with Crippen molar-refractivity contribution in [1.82, 2.24) is 15.5 Å². The van der Waals surface area contributed by atoms with Crippen molar-refractivity contribution in [2.75, 3.05) is 32.8 Å². The molecule has 2 aromatic rings. The Kier molecular flexibility index (Phi) is 9.54. The van der Waals surface area contributed by atoms with Gasteiger partial charge in [-0.2, -0.15) is 0 Å². The molecule has 1 aliphatic heterocycles. The number of nitrogens with one attached hydrogen (secondary N) is 2. The van der Waals surface area contributed by atoms with Gasteiger partial charge in [0.15, 0.2) is 0 Å². The van der Waals surface area contributed by atoms with Gasteiger partial charge in [-0.1, -0.05) is 60.7 Å². The Balaban J connectivity index is 1.22. The van der Waals surface area contributed by atoms with Gasteiger partial charge in [0.2, 0.25) is 11.8 Å². The second-order valence-electron chi connectivity index (χ2n) is 8.00. The van der Waals surface area contributed by atoms with Crippen LogP contribution in [0.3, 0.4) is 0 Å². The fourth-order valence-corrected chi connectivity index (χ4v) is 3.71. The van der Waals surface area contributed by atoms with Crippen LogP contribution in [0.25, 0.3) is 0 Å². The van der Waals surface area contributed by atoms with Gasteiger partial charge < -0.3 is 15.4 Å². The number of likely N-dealkylation sites (tertiary alicyclic amines) is 1. The molecule has 0 aromatic heterocycles. The monoisotopic (exact) mass is 423 g/mol. The lowest BCUT2D eigenvalue weighted by Gasteiger charge is -2.30. The van der Waals surface area contributed by atoms with Crippen molar-refractivity contribution in [3.63, 3.8) is 0 Å². The van der Waals surface area contributed by atoms with Gasteiger partial charge in [0, 0.05) is 25.6 Å². The largest absolute Gasteiger partial charge is 0.377 e. The first-order chi connectivity index (χ1) is 15.2. The van der Waals surface area contributed by atoms with Crippen molar-refractivity contribution >= 4 is 11.8 Å². The molecule has 0 saturated carbocycles. The number of piperidine rings is 1. The van der Waals surface area contributed by atoms with Crippen LogP contribution in [0.2, 0.25) is 0 Å². The molecule has 0 atom stereocenters. The maximum atomic E-state index is 12.4. The molecule has 2 amide bonds. The highest BCUT2D eigenvalue weighted by molar-refractivity contribution is 5.79. The molecule has 0 radical (unpaired) electrons. The first-order valence-corrected chi connectivity index (χ1v) is 11.1. The summed E-state index contributed by atoms with van der Waals surface area (Å²) in [7, 11) is 0. The number of nitrogens with zero attached hydrogens (tertiary/aromatic N) is 1. The zero-order chi connectivity index (χ0) is 21.7. The second-order valence-corrected chi connectivity index (χ2v) is 8.00. The summed E-state index contributed by atoms with van der Waals surface area (Å²) in [6, 6.07) is 20.0. The predicted molar refractivity (Wildman–Crippen MR) is 121 cm³/mol. The summed E-state index contributed by atoms with van der Waals surface area (Å²) in [6.07, 6.45) is 2.38. The van der Waals surface area contributed by atoms with Gasteiger partial charge >= 0.3 is 0 Å². The van der Waals surface area contributed by atoms with Crippen molar-refractivity contribution < 1.29 is 14.3 Å². The zero-order valence-electron chi connectivity index (χ0n) is 18.1. The molecule has 6 heteroatoms. The van der Waals surface area contributed by atoms with Gasteiger partial charge in [-0.15, -0.1) is 0 Å². The average molecular weight is 424 g/mol. The summed E-state index contributed by atoms with van der Waals surface area (Å²) in [5.41, 5.74) is 2.26. The normalized spacial score (nSPS) is 14.8.